The van der Waals surface area contributed by atoms with Crippen LogP contribution in [0.5, 0.6) is 0 Å². The molecule has 0 spiro atoms. The Morgan fingerprint density at radius 1 is 1.35 bits per heavy atom. The van der Waals surface area contributed by atoms with Gasteiger partial charge in [0, 0.05) is 13.1 Å². The van der Waals surface area contributed by atoms with Crippen LogP contribution in [-0.4, -0.2) is 30.4 Å². The predicted octanol–water partition coefficient (Wildman–Crippen LogP) is 1.62. The second-order valence-corrected chi connectivity index (χ2v) is 3.57. The van der Waals surface area contributed by atoms with Crippen LogP contribution in [0.15, 0.2) is 43.0 Å². The van der Waals surface area contributed by atoms with Crippen molar-refractivity contribution >= 4 is 18.3 Å². The van der Waals surface area contributed by atoms with Crippen LogP contribution in [0.3, 0.4) is 0 Å². The number of carbonyl (C=O) groups is 1. The molecule has 0 atom stereocenters. The van der Waals surface area contributed by atoms with Crippen LogP contribution in [-0.2, 0) is 11.2 Å². The van der Waals surface area contributed by atoms with Crippen LogP contribution in [0.4, 0.5) is 0 Å². The lowest BCUT2D eigenvalue weighted by Crippen LogP contribution is -2.37. The fraction of sp³-hybridized carbons (Fsp3) is 0.308. The lowest BCUT2D eigenvalue weighted by molar-refractivity contribution is -0.129. The third-order valence-corrected chi connectivity index (χ3v) is 2.39. The maximum Gasteiger partial charge on any atom is 0.236 e. The van der Waals surface area contributed by atoms with Crippen molar-refractivity contribution in [3.05, 3.63) is 48.6 Å². The molecule has 1 rings (SSSR count). The number of rotatable bonds is 6. The Morgan fingerprint density at radius 2 is 2.00 bits per heavy atom. The molecule has 94 valence electrons. The topological polar surface area (TPSA) is 46.3 Å². The molecule has 17 heavy (non-hydrogen) atoms. The molecule has 0 radical (unpaired) electrons. The van der Waals surface area contributed by atoms with Crippen LogP contribution < -0.4 is 5.73 Å². The van der Waals surface area contributed by atoms with Gasteiger partial charge in [-0.15, -0.1) is 19.0 Å². The summed E-state index contributed by atoms with van der Waals surface area (Å²) >= 11 is 0. The van der Waals surface area contributed by atoms with E-state index in [2.05, 4.69) is 18.7 Å². The van der Waals surface area contributed by atoms with Crippen molar-refractivity contribution < 1.29 is 4.79 Å². The molecule has 0 aromatic heterocycles. The molecule has 0 aliphatic heterocycles. The molecule has 0 heterocycles. The van der Waals surface area contributed by atoms with Crippen molar-refractivity contribution in [3.8, 4) is 0 Å². The van der Waals surface area contributed by atoms with Crippen LogP contribution in [0.25, 0.3) is 0 Å². The maximum absolute atomic E-state index is 11.5. The third-order valence-electron chi connectivity index (χ3n) is 2.39. The van der Waals surface area contributed by atoms with Crippen LogP contribution >= 0.6 is 12.4 Å². The Labute approximate surface area is 109 Å². The Bertz CT molecular complexity index is 341. The fourth-order valence-corrected chi connectivity index (χ4v) is 1.51. The predicted molar refractivity (Wildman–Crippen MR) is 73.2 cm³/mol. The molecule has 0 saturated carbocycles. The highest BCUT2D eigenvalue weighted by molar-refractivity contribution is 5.85. The zero-order valence-electron chi connectivity index (χ0n) is 9.84. The van der Waals surface area contributed by atoms with Crippen molar-refractivity contribution in [2.45, 2.75) is 6.42 Å². The van der Waals surface area contributed by atoms with E-state index in [0.717, 1.165) is 6.42 Å². The van der Waals surface area contributed by atoms with Crippen molar-refractivity contribution in [2.24, 2.45) is 5.73 Å². The lowest BCUT2D eigenvalue weighted by atomic mass is 10.1. The summed E-state index contributed by atoms with van der Waals surface area (Å²) in [7, 11) is 0. The first-order valence-corrected chi connectivity index (χ1v) is 5.40. The number of nitrogens with zero attached hydrogens (tertiary/aromatic N) is 1. The van der Waals surface area contributed by atoms with E-state index in [1.54, 1.807) is 11.0 Å². The average molecular weight is 255 g/mol. The molecule has 3 nitrogen and oxygen atoms in total. The molecule has 0 aliphatic rings. The summed E-state index contributed by atoms with van der Waals surface area (Å²) in [5, 5.41) is 0. The summed E-state index contributed by atoms with van der Waals surface area (Å²) in [5.41, 5.74) is 6.57. The van der Waals surface area contributed by atoms with Gasteiger partial charge < -0.3 is 10.6 Å². The molecule has 0 aliphatic carbocycles. The number of halogens is 1. The third kappa shape index (κ3) is 5.52. The molecular weight excluding hydrogens is 236 g/mol. The normalized spacial score (nSPS) is 9.24. The van der Waals surface area contributed by atoms with E-state index < -0.39 is 0 Å². The molecule has 0 fully saturated rings. The average Bonchev–Trinajstić information content (AvgIpc) is 2.34. The minimum atomic E-state index is -0.0316. The quantitative estimate of drug-likeness (QED) is 0.785. The molecule has 2 N–H and O–H groups in total. The van der Waals surface area contributed by atoms with Gasteiger partial charge in [0.2, 0.25) is 5.91 Å². The van der Waals surface area contributed by atoms with E-state index >= 15 is 0 Å². The van der Waals surface area contributed by atoms with E-state index in [-0.39, 0.29) is 24.9 Å². The minimum absolute atomic E-state index is 0. The van der Waals surface area contributed by atoms with Crippen LogP contribution in [0.1, 0.15) is 5.56 Å². The number of carbonyl (C=O) groups excluding carboxylic acids is 1. The summed E-state index contributed by atoms with van der Waals surface area (Å²) in [6.07, 6.45) is 2.57. The van der Waals surface area contributed by atoms with Crippen LogP contribution in [0.2, 0.25) is 0 Å². The highest BCUT2D eigenvalue weighted by Gasteiger charge is 2.09. The standard InChI is InChI=1S/C13H18N2O.ClH/c1-2-9-15(13(16)11-14)10-8-12-6-4-3-5-7-12;/h2-7H,1,8-11,14H2;1H. The van der Waals surface area contributed by atoms with Gasteiger partial charge in [-0.3, -0.25) is 4.79 Å². The van der Waals surface area contributed by atoms with Gasteiger partial charge >= 0.3 is 0 Å². The van der Waals surface area contributed by atoms with Crippen molar-refractivity contribution in [1.29, 1.82) is 0 Å². The minimum Gasteiger partial charge on any atom is -0.338 e. The summed E-state index contributed by atoms with van der Waals surface area (Å²) in [5.74, 6) is -0.0316. The highest BCUT2D eigenvalue weighted by Crippen LogP contribution is 2.01. The van der Waals surface area contributed by atoms with E-state index in [0.29, 0.717) is 13.1 Å². The molecule has 0 unspecified atom stereocenters. The van der Waals surface area contributed by atoms with E-state index in [4.69, 9.17) is 5.73 Å². The summed E-state index contributed by atoms with van der Waals surface area (Å²) < 4.78 is 0. The van der Waals surface area contributed by atoms with E-state index in [1.807, 2.05) is 18.2 Å². The molecule has 1 aromatic rings. The highest BCUT2D eigenvalue weighted by atomic mass is 35.5. The summed E-state index contributed by atoms with van der Waals surface area (Å²) in [6.45, 7) is 4.94. The van der Waals surface area contributed by atoms with Gasteiger partial charge in [-0.1, -0.05) is 36.4 Å². The SMILES string of the molecule is C=CCN(CCc1ccccc1)C(=O)CN.Cl. The second kappa shape index (κ2) is 8.79. The first-order valence-electron chi connectivity index (χ1n) is 5.40. The summed E-state index contributed by atoms with van der Waals surface area (Å²) in [6, 6.07) is 10.1. The van der Waals surface area contributed by atoms with E-state index in [9.17, 15) is 4.79 Å². The maximum atomic E-state index is 11.5. The smallest absolute Gasteiger partial charge is 0.236 e. The van der Waals surface area contributed by atoms with Crippen molar-refractivity contribution in [1.82, 2.24) is 4.90 Å². The fourth-order valence-electron chi connectivity index (χ4n) is 1.51. The van der Waals surface area contributed by atoms with Gasteiger partial charge in [0.15, 0.2) is 0 Å². The van der Waals surface area contributed by atoms with Gasteiger partial charge in [-0.05, 0) is 12.0 Å². The van der Waals surface area contributed by atoms with Crippen LogP contribution in [0, 0.1) is 0 Å². The van der Waals surface area contributed by atoms with E-state index in [1.165, 1.54) is 5.56 Å². The second-order valence-electron chi connectivity index (χ2n) is 3.57. The van der Waals surface area contributed by atoms with Gasteiger partial charge in [0.25, 0.3) is 0 Å². The first-order chi connectivity index (χ1) is 7.77. The molecule has 1 amide bonds. The Balaban J connectivity index is 0.00000256. The Hall–Kier alpha value is -1.32. The number of hydrogen-bond donors (Lipinski definition) is 1. The largest absolute Gasteiger partial charge is 0.338 e. The Morgan fingerprint density at radius 3 is 2.53 bits per heavy atom. The van der Waals surface area contributed by atoms with Crippen molar-refractivity contribution in [3.63, 3.8) is 0 Å². The van der Waals surface area contributed by atoms with Gasteiger partial charge in [0.1, 0.15) is 0 Å². The first kappa shape index (κ1) is 15.7. The van der Waals surface area contributed by atoms with Gasteiger partial charge in [-0.25, -0.2) is 0 Å². The molecule has 0 bridgehead atoms. The summed E-state index contributed by atoms with van der Waals surface area (Å²) in [4.78, 5) is 13.2. The molecule has 0 saturated heterocycles. The zero-order valence-corrected chi connectivity index (χ0v) is 10.7. The molecule has 4 heteroatoms. The number of hydrogen-bond acceptors (Lipinski definition) is 2. The molecule has 1 aromatic carbocycles. The number of benzene rings is 1. The van der Waals surface area contributed by atoms with Crippen molar-refractivity contribution in [2.75, 3.05) is 19.6 Å². The zero-order chi connectivity index (χ0) is 11.8. The monoisotopic (exact) mass is 254 g/mol. The molecular formula is C13H19ClN2O. The number of amides is 1. The lowest BCUT2D eigenvalue weighted by Gasteiger charge is -2.20. The van der Waals surface area contributed by atoms with Gasteiger partial charge in [0.05, 0.1) is 6.54 Å². The van der Waals surface area contributed by atoms with Gasteiger partial charge in [-0.2, -0.15) is 0 Å². The Kier molecular flexibility index (Phi) is 8.11. The number of nitrogens with two attached hydrogens (primary N) is 1.